The zero-order valence-electron chi connectivity index (χ0n) is 14.0. The molecular formula is C15H28N2O5. The molecule has 22 heavy (non-hydrogen) atoms. The molecule has 0 unspecified atom stereocenters. The molecule has 0 saturated carbocycles. The molecule has 0 aliphatic carbocycles. The van der Waals surface area contributed by atoms with Crippen LogP contribution in [0.4, 0.5) is 4.79 Å². The average Bonchev–Trinajstić information content (AvgIpc) is 2.44. The number of carbonyl (C=O) groups excluding carboxylic acids is 2. The number of rotatable bonds is 5. The van der Waals surface area contributed by atoms with Crippen LogP contribution in [0.2, 0.25) is 0 Å². The van der Waals surface area contributed by atoms with Crippen molar-refractivity contribution in [1.29, 1.82) is 0 Å². The number of likely N-dealkylation sites (tertiary alicyclic amines) is 1. The number of nitrogens with one attached hydrogen (secondary N) is 1. The predicted octanol–water partition coefficient (Wildman–Crippen LogP) is 1.94. The molecule has 1 aliphatic heterocycles. The first kappa shape index (κ1) is 18.7. The number of esters is 1. The molecule has 0 atom stereocenters. The highest BCUT2D eigenvalue weighted by atomic mass is 16.6. The van der Waals surface area contributed by atoms with Crippen molar-refractivity contribution in [1.82, 2.24) is 10.4 Å². The smallest absolute Gasteiger partial charge is 0.410 e. The average molecular weight is 316 g/mol. The molecule has 0 aromatic heterocycles. The summed E-state index contributed by atoms with van der Waals surface area (Å²) in [5.41, 5.74) is 0.906. The normalized spacial score (nSPS) is 18.0. The van der Waals surface area contributed by atoms with Gasteiger partial charge in [0, 0.05) is 19.6 Å². The van der Waals surface area contributed by atoms with E-state index in [4.69, 9.17) is 14.7 Å². The van der Waals surface area contributed by atoms with Gasteiger partial charge in [-0.05, 0) is 47.0 Å². The minimum atomic E-state index is -0.649. The van der Waals surface area contributed by atoms with Gasteiger partial charge in [-0.3, -0.25) is 4.79 Å². The van der Waals surface area contributed by atoms with Crippen LogP contribution in [0, 0.1) is 5.41 Å². The minimum Gasteiger partial charge on any atom is -0.466 e. The third-order valence-corrected chi connectivity index (χ3v) is 3.80. The Morgan fingerprint density at radius 2 is 1.86 bits per heavy atom. The maximum absolute atomic E-state index is 12.3. The second-order valence-electron chi connectivity index (χ2n) is 6.63. The Morgan fingerprint density at radius 3 is 2.32 bits per heavy atom. The van der Waals surface area contributed by atoms with Gasteiger partial charge in [0.1, 0.15) is 5.60 Å². The van der Waals surface area contributed by atoms with E-state index in [2.05, 4.69) is 5.48 Å². The molecule has 128 valence electrons. The van der Waals surface area contributed by atoms with Gasteiger partial charge in [0.05, 0.1) is 12.0 Å². The van der Waals surface area contributed by atoms with Gasteiger partial charge >= 0.3 is 12.1 Å². The number of ether oxygens (including phenoxy) is 2. The van der Waals surface area contributed by atoms with Crippen molar-refractivity contribution in [2.75, 3.05) is 26.2 Å². The molecule has 7 heteroatoms. The van der Waals surface area contributed by atoms with Gasteiger partial charge < -0.3 is 19.6 Å². The Labute approximate surface area is 131 Å². The lowest BCUT2D eigenvalue weighted by atomic mass is 9.75. The van der Waals surface area contributed by atoms with E-state index in [-0.39, 0.29) is 12.1 Å². The van der Waals surface area contributed by atoms with E-state index in [0.29, 0.717) is 45.5 Å². The lowest BCUT2D eigenvalue weighted by Crippen LogP contribution is -2.49. The molecule has 1 fully saturated rings. The van der Waals surface area contributed by atoms with Gasteiger partial charge in [-0.15, -0.1) is 0 Å². The number of amides is 1. The molecule has 1 rings (SSSR count). The van der Waals surface area contributed by atoms with Gasteiger partial charge in [-0.25, -0.2) is 10.3 Å². The molecule has 0 radical (unpaired) electrons. The summed E-state index contributed by atoms with van der Waals surface area (Å²) in [5, 5.41) is 8.80. The van der Waals surface area contributed by atoms with Crippen LogP contribution >= 0.6 is 0 Å². The molecule has 0 spiro atoms. The monoisotopic (exact) mass is 316 g/mol. The first-order chi connectivity index (χ1) is 10.2. The van der Waals surface area contributed by atoms with Gasteiger partial charge in [-0.1, -0.05) is 0 Å². The maximum Gasteiger partial charge on any atom is 0.410 e. The summed E-state index contributed by atoms with van der Waals surface area (Å²) < 4.78 is 10.5. The van der Waals surface area contributed by atoms with Crippen LogP contribution in [0.3, 0.4) is 0 Å². The van der Waals surface area contributed by atoms with Crippen molar-refractivity contribution >= 4 is 12.1 Å². The van der Waals surface area contributed by atoms with Crippen molar-refractivity contribution < 1.29 is 24.3 Å². The van der Waals surface area contributed by atoms with Gasteiger partial charge in [0.25, 0.3) is 0 Å². The van der Waals surface area contributed by atoms with Crippen LogP contribution in [0.5, 0.6) is 0 Å². The van der Waals surface area contributed by atoms with Crippen LogP contribution in [0.25, 0.3) is 0 Å². The SMILES string of the molecule is CCOC(=O)C1(CCNO)CCN(C(=O)OC(C)(C)C)CC1. The molecule has 0 aromatic rings. The van der Waals surface area contributed by atoms with Crippen molar-refractivity contribution in [3.63, 3.8) is 0 Å². The first-order valence-electron chi connectivity index (χ1n) is 7.76. The van der Waals surface area contributed by atoms with Gasteiger partial charge in [-0.2, -0.15) is 0 Å². The van der Waals surface area contributed by atoms with E-state index >= 15 is 0 Å². The molecule has 1 saturated heterocycles. The topological polar surface area (TPSA) is 88.1 Å². The highest BCUT2D eigenvalue weighted by Crippen LogP contribution is 2.36. The largest absolute Gasteiger partial charge is 0.466 e. The first-order valence-corrected chi connectivity index (χ1v) is 7.76. The van der Waals surface area contributed by atoms with Crippen molar-refractivity contribution in [2.45, 2.75) is 52.6 Å². The fraction of sp³-hybridized carbons (Fsp3) is 0.867. The van der Waals surface area contributed by atoms with Gasteiger partial charge in [0.15, 0.2) is 0 Å². The highest BCUT2D eigenvalue weighted by molar-refractivity contribution is 5.77. The number of hydrogen-bond donors (Lipinski definition) is 2. The summed E-state index contributed by atoms with van der Waals surface area (Å²) in [6, 6.07) is 0. The summed E-state index contributed by atoms with van der Waals surface area (Å²) in [4.78, 5) is 26.0. The zero-order chi connectivity index (χ0) is 16.8. The number of carbonyl (C=O) groups is 2. The fourth-order valence-electron chi connectivity index (χ4n) is 2.58. The Kier molecular flexibility index (Phi) is 6.62. The fourth-order valence-corrected chi connectivity index (χ4v) is 2.58. The standard InChI is InChI=1S/C15H28N2O5/c1-5-21-12(18)15(6-9-16-20)7-10-17(11-8-15)13(19)22-14(2,3)4/h16,20H,5-11H2,1-4H3. The maximum atomic E-state index is 12.3. The minimum absolute atomic E-state index is 0.255. The molecular weight excluding hydrogens is 288 g/mol. The third kappa shape index (κ3) is 5.14. The summed E-state index contributed by atoms with van der Waals surface area (Å²) >= 11 is 0. The molecule has 1 amide bonds. The van der Waals surface area contributed by atoms with Crippen LogP contribution in [-0.4, -0.2) is 54.0 Å². The predicted molar refractivity (Wildman–Crippen MR) is 80.5 cm³/mol. The highest BCUT2D eigenvalue weighted by Gasteiger charge is 2.43. The summed E-state index contributed by atoms with van der Waals surface area (Å²) in [6.07, 6.45) is 1.13. The molecule has 1 aliphatic rings. The second kappa shape index (κ2) is 7.78. The van der Waals surface area contributed by atoms with Gasteiger partial charge in [0.2, 0.25) is 0 Å². The number of hydrogen-bond acceptors (Lipinski definition) is 6. The van der Waals surface area contributed by atoms with E-state index < -0.39 is 11.0 Å². The summed E-state index contributed by atoms with van der Waals surface area (Å²) in [6.45, 7) is 8.76. The van der Waals surface area contributed by atoms with Crippen LogP contribution < -0.4 is 5.48 Å². The van der Waals surface area contributed by atoms with E-state index in [1.54, 1.807) is 11.8 Å². The Balaban J connectivity index is 2.68. The lowest BCUT2D eigenvalue weighted by molar-refractivity contribution is -0.159. The third-order valence-electron chi connectivity index (χ3n) is 3.80. The quantitative estimate of drug-likeness (QED) is 0.595. The zero-order valence-corrected chi connectivity index (χ0v) is 14.0. The Bertz CT molecular complexity index is 384. The van der Waals surface area contributed by atoms with Crippen LogP contribution in [0.15, 0.2) is 0 Å². The van der Waals surface area contributed by atoms with Crippen LogP contribution in [0.1, 0.15) is 47.0 Å². The molecule has 0 aromatic carbocycles. The molecule has 1 heterocycles. The number of nitrogens with zero attached hydrogens (tertiary/aromatic N) is 1. The van der Waals surface area contributed by atoms with E-state index in [1.807, 2.05) is 20.8 Å². The Morgan fingerprint density at radius 1 is 1.27 bits per heavy atom. The Hall–Kier alpha value is -1.34. The molecule has 0 bridgehead atoms. The van der Waals surface area contributed by atoms with Crippen molar-refractivity contribution in [3.8, 4) is 0 Å². The van der Waals surface area contributed by atoms with Crippen LogP contribution in [-0.2, 0) is 14.3 Å². The molecule has 2 N–H and O–H groups in total. The van der Waals surface area contributed by atoms with Crippen molar-refractivity contribution in [3.05, 3.63) is 0 Å². The van der Waals surface area contributed by atoms with E-state index in [1.165, 1.54) is 0 Å². The second-order valence-corrected chi connectivity index (χ2v) is 6.63. The number of piperidine rings is 1. The van der Waals surface area contributed by atoms with E-state index in [0.717, 1.165) is 0 Å². The number of hydroxylamine groups is 1. The van der Waals surface area contributed by atoms with Crippen molar-refractivity contribution in [2.24, 2.45) is 5.41 Å². The lowest BCUT2D eigenvalue weighted by Gasteiger charge is -2.40. The summed E-state index contributed by atoms with van der Waals surface area (Å²) in [7, 11) is 0. The summed E-state index contributed by atoms with van der Waals surface area (Å²) in [5.74, 6) is -0.255. The molecule has 7 nitrogen and oxygen atoms in total. The van der Waals surface area contributed by atoms with E-state index in [9.17, 15) is 9.59 Å².